The summed E-state index contributed by atoms with van der Waals surface area (Å²) in [5, 5.41) is 20.3. The molecule has 8 nitrogen and oxygen atoms in total. The summed E-state index contributed by atoms with van der Waals surface area (Å²) < 4.78 is 5.58. The van der Waals surface area contributed by atoms with Gasteiger partial charge in [0.15, 0.2) is 0 Å². The summed E-state index contributed by atoms with van der Waals surface area (Å²) in [5.74, 6) is -1.24. The van der Waals surface area contributed by atoms with Crippen LogP contribution in [0.4, 0.5) is 4.79 Å². The summed E-state index contributed by atoms with van der Waals surface area (Å²) >= 11 is 0. The lowest BCUT2D eigenvalue weighted by Crippen LogP contribution is -2.48. The van der Waals surface area contributed by atoms with Crippen molar-refractivity contribution < 1.29 is 24.2 Å². The van der Waals surface area contributed by atoms with E-state index in [1.54, 1.807) is 7.05 Å². The normalized spacial score (nSPS) is 12.7. The number of unbranched alkanes of at least 4 members (excludes halogenated alkanes) is 2. The summed E-state index contributed by atoms with van der Waals surface area (Å²) in [5.41, 5.74) is 4.46. The maximum Gasteiger partial charge on any atom is 0.407 e. The maximum absolute atomic E-state index is 12.9. The van der Waals surface area contributed by atoms with Crippen LogP contribution >= 0.6 is 0 Å². The predicted molar refractivity (Wildman–Crippen MR) is 131 cm³/mol. The second-order valence-electron chi connectivity index (χ2n) is 8.68. The van der Waals surface area contributed by atoms with E-state index in [2.05, 4.69) is 23.5 Å². The highest BCUT2D eigenvalue weighted by atomic mass is 16.5. The number of nitriles is 1. The number of nitrogens with zero attached hydrogens (tertiary/aromatic N) is 2. The Morgan fingerprint density at radius 3 is 2.29 bits per heavy atom. The number of carbonyl (C=O) groups is 3. The molecule has 2 amide bonds. The molecule has 2 N–H and O–H groups in total. The van der Waals surface area contributed by atoms with Gasteiger partial charge in [0.25, 0.3) is 0 Å². The minimum absolute atomic E-state index is 0.0473. The number of carboxylic acids is 1. The molecule has 1 atom stereocenters. The van der Waals surface area contributed by atoms with E-state index < -0.39 is 18.1 Å². The number of rotatable bonds is 12. The van der Waals surface area contributed by atoms with Crippen LogP contribution < -0.4 is 5.32 Å². The molecule has 3 rings (SSSR count). The molecular weight excluding hydrogens is 446 g/mol. The van der Waals surface area contributed by atoms with E-state index in [4.69, 9.17) is 15.1 Å². The van der Waals surface area contributed by atoms with Gasteiger partial charge in [-0.3, -0.25) is 9.59 Å². The van der Waals surface area contributed by atoms with Gasteiger partial charge in [-0.15, -0.1) is 0 Å². The highest BCUT2D eigenvalue weighted by Crippen LogP contribution is 2.44. The van der Waals surface area contributed by atoms with Crippen LogP contribution in [0.2, 0.25) is 0 Å². The van der Waals surface area contributed by atoms with Gasteiger partial charge in [0.1, 0.15) is 12.6 Å². The second-order valence-corrected chi connectivity index (χ2v) is 8.68. The number of hydrogen-bond acceptors (Lipinski definition) is 5. The molecule has 0 spiro atoms. The summed E-state index contributed by atoms with van der Waals surface area (Å²) in [6, 6.07) is 17.3. The largest absolute Gasteiger partial charge is 0.481 e. The topological polar surface area (TPSA) is 120 Å². The number of alkyl carbamates (subject to hydrolysis) is 1. The van der Waals surface area contributed by atoms with Crippen molar-refractivity contribution in [3.05, 3.63) is 59.7 Å². The molecular formula is C27H31N3O5. The van der Waals surface area contributed by atoms with E-state index in [1.165, 1.54) is 4.90 Å². The third-order valence-corrected chi connectivity index (χ3v) is 6.23. The highest BCUT2D eigenvalue weighted by molar-refractivity contribution is 5.85. The van der Waals surface area contributed by atoms with Crippen molar-refractivity contribution in [2.24, 2.45) is 0 Å². The molecule has 2 aromatic rings. The molecule has 2 aromatic carbocycles. The van der Waals surface area contributed by atoms with E-state index in [0.29, 0.717) is 32.2 Å². The monoisotopic (exact) mass is 477 g/mol. The van der Waals surface area contributed by atoms with Crippen molar-refractivity contribution in [2.45, 2.75) is 50.5 Å². The SMILES string of the molecule is CN(CCCCC(=O)O)C(=O)C(CCCC#N)NC(=O)OCC1c2ccccc2-c2ccccc21. The van der Waals surface area contributed by atoms with Crippen molar-refractivity contribution in [3.63, 3.8) is 0 Å². The number of ether oxygens (including phenoxy) is 1. The van der Waals surface area contributed by atoms with Crippen LogP contribution in [0.5, 0.6) is 0 Å². The predicted octanol–water partition coefficient (Wildman–Crippen LogP) is 4.30. The van der Waals surface area contributed by atoms with Crippen LogP contribution in [0.15, 0.2) is 48.5 Å². The van der Waals surface area contributed by atoms with Gasteiger partial charge in [-0.25, -0.2) is 4.79 Å². The van der Waals surface area contributed by atoms with Gasteiger partial charge >= 0.3 is 12.1 Å². The Hall–Kier alpha value is -3.86. The van der Waals surface area contributed by atoms with Gasteiger partial charge in [0, 0.05) is 32.4 Å². The number of carboxylic acid groups (broad SMARTS) is 1. The van der Waals surface area contributed by atoms with Crippen molar-refractivity contribution >= 4 is 18.0 Å². The fourth-order valence-corrected chi connectivity index (χ4v) is 4.43. The first kappa shape index (κ1) is 25.8. The maximum atomic E-state index is 12.9. The first-order chi connectivity index (χ1) is 16.9. The Morgan fingerprint density at radius 2 is 1.69 bits per heavy atom. The van der Waals surface area contributed by atoms with Gasteiger partial charge in [-0.2, -0.15) is 5.26 Å². The number of benzene rings is 2. The van der Waals surface area contributed by atoms with Crippen molar-refractivity contribution in [1.82, 2.24) is 10.2 Å². The Labute approximate surface area is 205 Å². The molecule has 0 fully saturated rings. The third kappa shape index (κ3) is 6.82. The van der Waals surface area contributed by atoms with Gasteiger partial charge < -0.3 is 20.1 Å². The number of fused-ring (bicyclic) bond motifs is 3. The standard InChI is InChI=1S/C27H31N3O5/c1-30(17-9-7-15-25(31)32)26(33)24(14-6-8-16-28)29-27(34)35-18-23-21-12-4-2-10-19(21)20-11-3-5-13-22(20)23/h2-5,10-13,23-24H,6-9,14-15,17-18H2,1H3,(H,29,34)(H,31,32). The van der Waals surface area contributed by atoms with Crippen LogP contribution in [-0.4, -0.2) is 54.2 Å². The van der Waals surface area contributed by atoms with Gasteiger partial charge in [-0.1, -0.05) is 48.5 Å². The van der Waals surface area contributed by atoms with Crippen LogP contribution in [-0.2, 0) is 14.3 Å². The van der Waals surface area contributed by atoms with Gasteiger partial charge in [-0.05, 0) is 47.9 Å². The van der Waals surface area contributed by atoms with Crippen LogP contribution in [0.3, 0.4) is 0 Å². The molecule has 0 bridgehead atoms. The van der Waals surface area contributed by atoms with Crippen molar-refractivity contribution in [2.75, 3.05) is 20.2 Å². The zero-order valence-electron chi connectivity index (χ0n) is 19.9. The van der Waals surface area contributed by atoms with Crippen LogP contribution in [0, 0.1) is 11.3 Å². The van der Waals surface area contributed by atoms with Gasteiger partial charge in [0.05, 0.1) is 6.07 Å². The molecule has 0 heterocycles. The molecule has 0 saturated carbocycles. The van der Waals surface area contributed by atoms with E-state index in [0.717, 1.165) is 22.3 Å². The lowest BCUT2D eigenvalue weighted by atomic mass is 9.98. The fourth-order valence-electron chi connectivity index (χ4n) is 4.43. The molecule has 0 saturated heterocycles. The summed E-state index contributed by atoms with van der Waals surface area (Å²) in [4.78, 5) is 37.8. The summed E-state index contributed by atoms with van der Waals surface area (Å²) in [7, 11) is 1.62. The van der Waals surface area contributed by atoms with E-state index in [1.807, 2.05) is 36.4 Å². The number of likely N-dealkylation sites (N-methyl/N-ethyl adjacent to an activating group) is 1. The lowest BCUT2D eigenvalue weighted by molar-refractivity contribution is -0.137. The highest BCUT2D eigenvalue weighted by Gasteiger charge is 2.30. The fraction of sp³-hybridized carbons (Fsp3) is 0.407. The summed E-state index contributed by atoms with van der Waals surface area (Å²) in [6.07, 6.45) is 1.43. The zero-order valence-corrected chi connectivity index (χ0v) is 19.9. The average molecular weight is 478 g/mol. The Morgan fingerprint density at radius 1 is 1.06 bits per heavy atom. The van der Waals surface area contributed by atoms with Crippen LogP contribution in [0.1, 0.15) is 55.6 Å². The lowest BCUT2D eigenvalue weighted by Gasteiger charge is -2.24. The Bertz CT molecular complexity index is 1050. The molecule has 8 heteroatoms. The summed E-state index contributed by atoms with van der Waals surface area (Å²) in [6.45, 7) is 0.525. The van der Waals surface area contributed by atoms with E-state index in [9.17, 15) is 14.4 Å². The Balaban J connectivity index is 1.60. The van der Waals surface area contributed by atoms with Gasteiger partial charge in [0.2, 0.25) is 5.91 Å². The molecule has 0 aliphatic heterocycles. The molecule has 0 radical (unpaired) electrons. The minimum atomic E-state index is -0.870. The molecule has 184 valence electrons. The number of hydrogen-bond donors (Lipinski definition) is 2. The second kappa shape index (κ2) is 12.6. The first-order valence-corrected chi connectivity index (χ1v) is 11.9. The molecule has 1 aliphatic rings. The minimum Gasteiger partial charge on any atom is -0.481 e. The number of aliphatic carboxylic acids is 1. The van der Waals surface area contributed by atoms with Crippen molar-refractivity contribution in [3.8, 4) is 17.2 Å². The number of nitrogens with one attached hydrogen (secondary N) is 1. The van der Waals surface area contributed by atoms with E-state index in [-0.39, 0.29) is 31.3 Å². The van der Waals surface area contributed by atoms with Crippen molar-refractivity contribution in [1.29, 1.82) is 5.26 Å². The molecule has 1 aliphatic carbocycles. The number of carbonyl (C=O) groups excluding carboxylic acids is 2. The Kier molecular flexibility index (Phi) is 9.24. The zero-order chi connectivity index (χ0) is 25.2. The molecule has 0 aromatic heterocycles. The third-order valence-electron chi connectivity index (χ3n) is 6.23. The number of amides is 2. The average Bonchev–Trinajstić information content (AvgIpc) is 3.18. The quantitative estimate of drug-likeness (QED) is 0.440. The van der Waals surface area contributed by atoms with Crippen LogP contribution in [0.25, 0.3) is 11.1 Å². The smallest absolute Gasteiger partial charge is 0.407 e. The molecule has 35 heavy (non-hydrogen) atoms. The van der Waals surface area contributed by atoms with E-state index >= 15 is 0 Å². The first-order valence-electron chi connectivity index (χ1n) is 11.9. The molecule has 1 unspecified atom stereocenters.